The Morgan fingerprint density at radius 2 is 2.42 bits per heavy atom. The average molecular weight is 175 g/mol. The zero-order valence-electron chi connectivity index (χ0n) is 6.05. The molecule has 0 unspecified atom stereocenters. The maximum atomic E-state index is 11.6. The van der Waals surface area contributed by atoms with E-state index in [1.54, 1.807) is 0 Å². The topological polar surface area (TPSA) is 57.8 Å². The number of aromatic amines is 1. The number of nitrogens with zero attached hydrogens (tertiary/aromatic N) is 1. The molecule has 0 atom stereocenters. The Balaban J connectivity index is 2.64. The molecule has 0 saturated heterocycles. The van der Waals surface area contributed by atoms with E-state index < -0.39 is 18.5 Å². The molecule has 4 nitrogen and oxygen atoms in total. The van der Waals surface area contributed by atoms with Gasteiger partial charge in [0.05, 0.1) is 6.54 Å². The molecule has 0 aliphatic carbocycles. The Bertz CT molecular complexity index is 299. The number of H-pyrrole nitrogens is 1. The molecule has 0 amide bonds. The molecule has 0 saturated carbocycles. The van der Waals surface area contributed by atoms with Gasteiger partial charge in [-0.25, -0.2) is 13.8 Å². The van der Waals surface area contributed by atoms with Crippen LogP contribution in [-0.4, -0.2) is 22.9 Å². The van der Waals surface area contributed by atoms with Crippen LogP contribution in [0.3, 0.4) is 0 Å². The number of hydrogen-bond donors (Lipinski definition) is 2. The molecule has 1 rings (SSSR count). The van der Waals surface area contributed by atoms with Crippen molar-refractivity contribution in [2.75, 3.05) is 11.9 Å². The summed E-state index contributed by atoms with van der Waals surface area (Å²) in [6.07, 6.45) is 0.150. The molecule has 0 aliphatic heterocycles. The predicted octanol–water partition coefficient (Wildman–Crippen LogP) is 0.447. The smallest absolute Gasteiger partial charge is 0.290 e. The summed E-state index contributed by atoms with van der Waals surface area (Å²) in [6, 6.07) is 0. The fraction of sp³-hybridized carbons (Fsp3) is 0.333. The van der Waals surface area contributed by atoms with Crippen LogP contribution in [0.5, 0.6) is 0 Å². The number of halogens is 2. The van der Waals surface area contributed by atoms with Crippen LogP contribution in [0, 0.1) is 0 Å². The molecule has 1 aromatic rings. The van der Waals surface area contributed by atoms with Crippen molar-refractivity contribution < 1.29 is 8.78 Å². The highest BCUT2D eigenvalue weighted by Gasteiger charge is 2.03. The molecule has 6 heteroatoms. The third-order valence-corrected chi connectivity index (χ3v) is 1.13. The lowest BCUT2D eigenvalue weighted by Gasteiger charge is -2.01. The highest BCUT2D eigenvalue weighted by atomic mass is 19.3. The Kier molecular flexibility index (Phi) is 2.73. The SMILES string of the molecule is O=c1[nH]ccnc1NCC(F)F. The lowest BCUT2D eigenvalue weighted by molar-refractivity contribution is 0.163. The molecular weight excluding hydrogens is 168 g/mol. The van der Waals surface area contributed by atoms with Gasteiger partial charge in [-0.3, -0.25) is 4.79 Å². The Labute approximate surface area is 66.6 Å². The van der Waals surface area contributed by atoms with Gasteiger partial charge in [-0.15, -0.1) is 0 Å². The van der Waals surface area contributed by atoms with Crippen molar-refractivity contribution in [1.82, 2.24) is 9.97 Å². The number of aromatic nitrogens is 2. The second kappa shape index (κ2) is 3.80. The van der Waals surface area contributed by atoms with E-state index in [1.165, 1.54) is 12.4 Å². The summed E-state index contributed by atoms with van der Waals surface area (Å²) < 4.78 is 23.3. The van der Waals surface area contributed by atoms with Crippen LogP contribution in [0.2, 0.25) is 0 Å². The molecule has 1 aromatic heterocycles. The number of rotatable bonds is 3. The van der Waals surface area contributed by atoms with Crippen molar-refractivity contribution in [3.05, 3.63) is 22.7 Å². The van der Waals surface area contributed by atoms with Gasteiger partial charge in [-0.1, -0.05) is 0 Å². The minimum atomic E-state index is -2.49. The fourth-order valence-electron chi connectivity index (χ4n) is 0.651. The molecule has 1 heterocycles. The van der Waals surface area contributed by atoms with Gasteiger partial charge in [0.25, 0.3) is 12.0 Å². The second-order valence-electron chi connectivity index (χ2n) is 2.04. The van der Waals surface area contributed by atoms with Crippen LogP contribution in [0.25, 0.3) is 0 Å². The van der Waals surface area contributed by atoms with Crippen molar-refractivity contribution in [1.29, 1.82) is 0 Å². The van der Waals surface area contributed by atoms with Gasteiger partial charge >= 0.3 is 0 Å². The normalized spacial score (nSPS) is 10.2. The molecule has 12 heavy (non-hydrogen) atoms. The number of hydrogen-bond acceptors (Lipinski definition) is 3. The first-order chi connectivity index (χ1) is 5.70. The highest BCUT2D eigenvalue weighted by Crippen LogP contribution is 1.94. The highest BCUT2D eigenvalue weighted by molar-refractivity contribution is 5.29. The van der Waals surface area contributed by atoms with Gasteiger partial charge in [-0.2, -0.15) is 0 Å². The Morgan fingerprint density at radius 1 is 1.67 bits per heavy atom. The predicted molar refractivity (Wildman–Crippen MR) is 39.4 cm³/mol. The van der Waals surface area contributed by atoms with Crippen molar-refractivity contribution in [2.24, 2.45) is 0 Å². The first-order valence-electron chi connectivity index (χ1n) is 3.26. The van der Waals surface area contributed by atoms with E-state index in [4.69, 9.17) is 0 Å². The van der Waals surface area contributed by atoms with Gasteiger partial charge in [0, 0.05) is 12.4 Å². The van der Waals surface area contributed by atoms with Crippen LogP contribution in [-0.2, 0) is 0 Å². The van der Waals surface area contributed by atoms with Crippen molar-refractivity contribution >= 4 is 5.82 Å². The second-order valence-corrected chi connectivity index (χ2v) is 2.04. The number of alkyl halides is 2. The molecule has 0 fully saturated rings. The van der Waals surface area contributed by atoms with Crippen molar-refractivity contribution in [2.45, 2.75) is 6.43 Å². The third-order valence-electron chi connectivity index (χ3n) is 1.13. The van der Waals surface area contributed by atoms with E-state index in [-0.39, 0.29) is 5.82 Å². The van der Waals surface area contributed by atoms with Gasteiger partial charge in [0.15, 0.2) is 5.82 Å². The fourth-order valence-corrected chi connectivity index (χ4v) is 0.651. The average Bonchev–Trinajstić information content (AvgIpc) is 2.03. The number of nitrogens with one attached hydrogen (secondary N) is 2. The van der Waals surface area contributed by atoms with Crippen LogP contribution < -0.4 is 10.9 Å². The van der Waals surface area contributed by atoms with E-state index in [9.17, 15) is 13.6 Å². The van der Waals surface area contributed by atoms with Gasteiger partial charge < -0.3 is 10.3 Å². The third kappa shape index (κ3) is 2.30. The first kappa shape index (κ1) is 8.63. The van der Waals surface area contributed by atoms with Crippen molar-refractivity contribution in [3.8, 4) is 0 Å². The molecule has 66 valence electrons. The minimum Gasteiger partial charge on any atom is -0.360 e. The number of anilines is 1. The summed E-state index contributed by atoms with van der Waals surface area (Å²) in [7, 11) is 0. The van der Waals surface area contributed by atoms with E-state index in [0.29, 0.717) is 0 Å². The maximum Gasteiger partial charge on any atom is 0.290 e. The summed E-state index contributed by atoms with van der Waals surface area (Å²) in [5, 5.41) is 2.21. The monoisotopic (exact) mass is 175 g/mol. The van der Waals surface area contributed by atoms with Crippen LogP contribution >= 0.6 is 0 Å². The Hall–Kier alpha value is -1.46. The lowest BCUT2D eigenvalue weighted by Crippen LogP contribution is -2.19. The quantitative estimate of drug-likeness (QED) is 0.701. The van der Waals surface area contributed by atoms with E-state index in [0.717, 1.165) is 0 Å². The maximum absolute atomic E-state index is 11.6. The molecular formula is C6H7F2N3O. The summed E-state index contributed by atoms with van der Waals surface area (Å²) in [6.45, 7) is -0.569. The standard InChI is InChI=1S/C6H7F2N3O/c7-4(8)3-11-5-6(12)10-2-1-9-5/h1-2,4H,3H2,(H,9,11)(H,10,12). The zero-order valence-corrected chi connectivity index (χ0v) is 6.05. The summed E-state index contributed by atoms with van der Waals surface area (Å²) >= 11 is 0. The molecule has 0 radical (unpaired) electrons. The summed E-state index contributed by atoms with van der Waals surface area (Å²) in [5.41, 5.74) is -0.502. The first-order valence-corrected chi connectivity index (χ1v) is 3.26. The van der Waals surface area contributed by atoms with E-state index in [1.807, 2.05) is 0 Å². The Morgan fingerprint density at radius 3 is 3.00 bits per heavy atom. The molecule has 0 aliphatic rings. The largest absolute Gasteiger partial charge is 0.360 e. The molecule has 0 bridgehead atoms. The van der Waals surface area contributed by atoms with E-state index in [2.05, 4.69) is 15.3 Å². The minimum absolute atomic E-state index is 0.0854. The van der Waals surface area contributed by atoms with Crippen LogP contribution in [0.15, 0.2) is 17.2 Å². The molecule has 0 aromatic carbocycles. The lowest BCUT2D eigenvalue weighted by atomic mass is 10.6. The van der Waals surface area contributed by atoms with E-state index >= 15 is 0 Å². The van der Waals surface area contributed by atoms with Crippen molar-refractivity contribution in [3.63, 3.8) is 0 Å². The summed E-state index contributed by atoms with van der Waals surface area (Å²) in [5.74, 6) is -0.0854. The van der Waals surface area contributed by atoms with Crippen LogP contribution in [0.1, 0.15) is 0 Å². The zero-order chi connectivity index (χ0) is 8.97. The molecule has 0 spiro atoms. The van der Waals surface area contributed by atoms with Crippen LogP contribution in [0.4, 0.5) is 14.6 Å². The molecule has 2 N–H and O–H groups in total. The van der Waals surface area contributed by atoms with Gasteiger partial charge in [0.1, 0.15) is 0 Å². The summed E-state index contributed by atoms with van der Waals surface area (Å²) in [4.78, 5) is 16.7. The van der Waals surface area contributed by atoms with Gasteiger partial charge in [0.2, 0.25) is 0 Å². The van der Waals surface area contributed by atoms with Gasteiger partial charge in [-0.05, 0) is 0 Å².